The number of unbranched alkanes of at least 4 members (excludes halogenated alkanes) is 3. The quantitative estimate of drug-likeness (QED) is 0.419. The van der Waals surface area contributed by atoms with Crippen molar-refractivity contribution in [3.8, 4) is 0 Å². The molecule has 1 fully saturated rings. The number of sulfone groups is 1. The van der Waals surface area contributed by atoms with E-state index in [4.69, 9.17) is 0 Å². The fourth-order valence-electron chi connectivity index (χ4n) is 2.25. The molecule has 2 N–H and O–H groups in total. The first-order valence-electron chi connectivity index (χ1n) is 7.22. The van der Waals surface area contributed by atoms with Crippen LogP contribution in [0.4, 0.5) is 0 Å². The van der Waals surface area contributed by atoms with Crippen molar-refractivity contribution in [2.75, 3.05) is 31.6 Å². The van der Waals surface area contributed by atoms with Gasteiger partial charge in [-0.2, -0.15) is 0 Å². The second-order valence-corrected chi connectivity index (χ2v) is 7.44. The molecule has 1 heterocycles. The second-order valence-electron chi connectivity index (χ2n) is 5.21. The Balaban J connectivity index is 2.15. The normalized spacial score (nSPS) is 22.4. The van der Waals surface area contributed by atoms with Gasteiger partial charge in [-0.05, 0) is 18.8 Å². The number of hydrogen-bond acceptors (Lipinski definition) is 3. The Morgan fingerprint density at radius 2 is 2.05 bits per heavy atom. The number of nitrogens with zero attached hydrogens (tertiary/aromatic N) is 1. The molecule has 0 aromatic carbocycles. The zero-order valence-corrected chi connectivity index (χ0v) is 12.9. The van der Waals surface area contributed by atoms with E-state index in [0.29, 0.717) is 18.1 Å². The van der Waals surface area contributed by atoms with E-state index in [1.807, 2.05) is 0 Å². The first-order valence-corrected chi connectivity index (χ1v) is 9.04. The van der Waals surface area contributed by atoms with Crippen LogP contribution in [-0.4, -0.2) is 46.0 Å². The highest BCUT2D eigenvalue weighted by atomic mass is 32.2. The smallest absolute Gasteiger partial charge is 0.190 e. The number of hydrogen-bond donors (Lipinski definition) is 2. The first kappa shape index (κ1) is 16.3. The summed E-state index contributed by atoms with van der Waals surface area (Å²) in [7, 11) is -1.03. The molecule has 0 aromatic rings. The Hall–Kier alpha value is -0.780. The van der Waals surface area contributed by atoms with Crippen molar-refractivity contribution in [1.29, 1.82) is 0 Å². The van der Waals surface area contributed by atoms with E-state index < -0.39 is 9.84 Å². The molecule has 19 heavy (non-hydrogen) atoms. The lowest BCUT2D eigenvalue weighted by molar-refractivity contribution is 0.565. The Morgan fingerprint density at radius 3 is 2.63 bits per heavy atom. The Kier molecular flexibility index (Phi) is 7.20. The highest BCUT2D eigenvalue weighted by Crippen LogP contribution is 2.17. The third-order valence-corrected chi connectivity index (χ3v) is 5.27. The van der Waals surface area contributed by atoms with E-state index >= 15 is 0 Å². The summed E-state index contributed by atoms with van der Waals surface area (Å²) in [5, 5.41) is 6.48. The van der Waals surface area contributed by atoms with Crippen molar-refractivity contribution in [3.05, 3.63) is 0 Å². The summed E-state index contributed by atoms with van der Waals surface area (Å²) in [6.45, 7) is 3.81. The number of nitrogens with one attached hydrogen (secondary N) is 2. The van der Waals surface area contributed by atoms with Crippen LogP contribution in [0.1, 0.15) is 39.0 Å². The van der Waals surface area contributed by atoms with Gasteiger partial charge in [0, 0.05) is 20.1 Å². The van der Waals surface area contributed by atoms with Crippen molar-refractivity contribution in [2.45, 2.75) is 39.0 Å². The number of guanidine groups is 1. The van der Waals surface area contributed by atoms with Crippen molar-refractivity contribution in [2.24, 2.45) is 10.9 Å². The van der Waals surface area contributed by atoms with Crippen LogP contribution in [0.15, 0.2) is 4.99 Å². The minimum atomic E-state index is -2.78. The zero-order chi connectivity index (χ0) is 14.1. The molecule has 0 bridgehead atoms. The van der Waals surface area contributed by atoms with Crippen molar-refractivity contribution in [3.63, 3.8) is 0 Å². The molecule has 6 heteroatoms. The lowest BCUT2D eigenvalue weighted by Crippen LogP contribution is -2.40. The topological polar surface area (TPSA) is 70.6 Å². The van der Waals surface area contributed by atoms with Gasteiger partial charge in [0.1, 0.15) is 0 Å². The molecular weight excluding hydrogens is 262 g/mol. The average molecular weight is 289 g/mol. The van der Waals surface area contributed by atoms with E-state index in [0.717, 1.165) is 25.3 Å². The van der Waals surface area contributed by atoms with E-state index in [2.05, 4.69) is 22.5 Å². The molecule has 1 rings (SSSR count). The van der Waals surface area contributed by atoms with Gasteiger partial charge in [0.15, 0.2) is 15.8 Å². The summed E-state index contributed by atoms with van der Waals surface area (Å²) in [5.74, 6) is 1.65. The summed E-state index contributed by atoms with van der Waals surface area (Å²) in [4.78, 5) is 4.15. The first-order chi connectivity index (χ1) is 9.07. The van der Waals surface area contributed by atoms with Gasteiger partial charge in [0.05, 0.1) is 11.5 Å². The maximum atomic E-state index is 11.4. The minimum Gasteiger partial charge on any atom is -0.356 e. The molecule has 0 amide bonds. The van der Waals surface area contributed by atoms with Crippen LogP contribution in [0, 0.1) is 5.92 Å². The summed E-state index contributed by atoms with van der Waals surface area (Å²) in [5.41, 5.74) is 0. The van der Waals surface area contributed by atoms with Gasteiger partial charge in [-0.25, -0.2) is 8.42 Å². The summed E-state index contributed by atoms with van der Waals surface area (Å²) in [6.07, 6.45) is 5.66. The monoisotopic (exact) mass is 289 g/mol. The fraction of sp³-hybridized carbons (Fsp3) is 0.923. The third-order valence-electron chi connectivity index (χ3n) is 3.43. The summed E-state index contributed by atoms with van der Waals surface area (Å²) < 4.78 is 22.7. The van der Waals surface area contributed by atoms with Gasteiger partial charge in [0.2, 0.25) is 0 Å². The van der Waals surface area contributed by atoms with Crippen LogP contribution in [0.3, 0.4) is 0 Å². The number of rotatable bonds is 7. The molecular formula is C13H27N3O2S. The van der Waals surface area contributed by atoms with Crippen LogP contribution >= 0.6 is 0 Å². The minimum absolute atomic E-state index is 0.226. The van der Waals surface area contributed by atoms with E-state index in [1.54, 1.807) is 7.05 Å². The van der Waals surface area contributed by atoms with Crippen LogP contribution in [0.25, 0.3) is 0 Å². The molecule has 1 aliphatic heterocycles. The maximum absolute atomic E-state index is 11.4. The van der Waals surface area contributed by atoms with Crippen molar-refractivity contribution >= 4 is 15.8 Å². The summed E-state index contributed by atoms with van der Waals surface area (Å²) >= 11 is 0. The molecule has 0 radical (unpaired) electrons. The van der Waals surface area contributed by atoms with Crippen LogP contribution in [-0.2, 0) is 9.84 Å². The summed E-state index contributed by atoms with van der Waals surface area (Å²) in [6, 6.07) is 0. The zero-order valence-electron chi connectivity index (χ0n) is 12.1. The molecule has 1 saturated heterocycles. The molecule has 1 atom stereocenters. The maximum Gasteiger partial charge on any atom is 0.190 e. The Labute approximate surface area is 117 Å². The van der Waals surface area contributed by atoms with Gasteiger partial charge in [-0.15, -0.1) is 0 Å². The van der Waals surface area contributed by atoms with E-state index in [9.17, 15) is 8.42 Å². The molecule has 112 valence electrons. The molecule has 0 spiro atoms. The molecule has 1 aliphatic rings. The number of aliphatic imine (C=N–C) groups is 1. The van der Waals surface area contributed by atoms with Crippen LogP contribution in [0.2, 0.25) is 0 Å². The standard InChI is InChI=1S/C13H27N3O2S/c1-3-4-5-6-8-15-13(14-2)16-10-12-7-9-19(17,18)11-12/h12H,3-11H2,1-2H3,(H2,14,15,16). The SMILES string of the molecule is CCCCCCNC(=NC)NCC1CCS(=O)(=O)C1. The van der Waals surface area contributed by atoms with E-state index in [1.165, 1.54) is 19.3 Å². The van der Waals surface area contributed by atoms with Gasteiger partial charge in [-0.3, -0.25) is 4.99 Å². The molecule has 1 unspecified atom stereocenters. The van der Waals surface area contributed by atoms with Crippen LogP contribution < -0.4 is 10.6 Å². The van der Waals surface area contributed by atoms with E-state index in [-0.39, 0.29) is 5.92 Å². The predicted octanol–water partition coefficient (Wildman–Crippen LogP) is 1.17. The van der Waals surface area contributed by atoms with Crippen molar-refractivity contribution in [1.82, 2.24) is 10.6 Å². The van der Waals surface area contributed by atoms with Crippen molar-refractivity contribution < 1.29 is 8.42 Å². The van der Waals surface area contributed by atoms with Gasteiger partial charge < -0.3 is 10.6 Å². The second kappa shape index (κ2) is 8.40. The Bertz CT molecular complexity index is 379. The molecule has 0 saturated carbocycles. The predicted molar refractivity (Wildman–Crippen MR) is 80.3 cm³/mol. The average Bonchev–Trinajstić information content (AvgIpc) is 2.72. The van der Waals surface area contributed by atoms with Gasteiger partial charge in [-0.1, -0.05) is 26.2 Å². The molecule has 0 aliphatic carbocycles. The Morgan fingerprint density at radius 1 is 1.26 bits per heavy atom. The molecule has 5 nitrogen and oxygen atoms in total. The fourth-order valence-corrected chi connectivity index (χ4v) is 4.12. The lowest BCUT2D eigenvalue weighted by Gasteiger charge is -2.14. The lowest BCUT2D eigenvalue weighted by atomic mass is 10.1. The van der Waals surface area contributed by atoms with Gasteiger partial charge in [0.25, 0.3) is 0 Å². The van der Waals surface area contributed by atoms with Gasteiger partial charge >= 0.3 is 0 Å². The third kappa shape index (κ3) is 6.80. The highest BCUT2D eigenvalue weighted by Gasteiger charge is 2.27. The highest BCUT2D eigenvalue weighted by molar-refractivity contribution is 7.91. The largest absolute Gasteiger partial charge is 0.356 e. The molecule has 0 aromatic heterocycles. The van der Waals surface area contributed by atoms with Crippen LogP contribution in [0.5, 0.6) is 0 Å².